The van der Waals surface area contributed by atoms with Crippen molar-refractivity contribution in [3.63, 3.8) is 0 Å². The summed E-state index contributed by atoms with van der Waals surface area (Å²) in [4.78, 5) is 40.6. The van der Waals surface area contributed by atoms with E-state index in [0.29, 0.717) is 36.2 Å². The zero-order valence-electron chi connectivity index (χ0n) is 15.4. The van der Waals surface area contributed by atoms with Gasteiger partial charge in [0.05, 0.1) is 42.8 Å². The molecule has 2 saturated heterocycles. The third-order valence-corrected chi connectivity index (χ3v) is 5.33. The normalized spacial score (nSPS) is 23.6. The van der Waals surface area contributed by atoms with Crippen molar-refractivity contribution in [2.75, 3.05) is 31.7 Å². The predicted molar refractivity (Wildman–Crippen MR) is 99.8 cm³/mol. The van der Waals surface area contributed by atoms with Gasteiger partial charge in [0.2, 0.25) is 5.91 Å². The van der Waals surface area contributed by atoms with Gasteiger partial charge in [0.1, 0.15) is 5.75 Å². The third-order valence-electron chi connectivity index (χ3n) is 5.03. The molecule has 0 radical (unpaired) electrons. The van der Waals surface area contributed by atoms with Crippen LogP contribution in [0.15, 0.2) is 18.2 Å². The Hall–Kier alpha value is -2.12. The SMILES string of the molecule is CCOC(=O)[C@H]1CCCN([C@H]2CC(=O)N(c3ccc(OC)c(Cl)c3)C2=O)C1. The summed E-state index contributed by atoms with van der Waals surface area (Å²) in [5.41, 5.74) is 0.428. The van der Waals surface area contributed by atoms with Gasteiger partial charge in [-0.25, -0.2) is 4.90 Å². The minimum atomic E-state index is -0.560. The molecule has 0 aliphatic carbocycles. The molecule has 0 saturated carbocycles. The molecule has 2 atom stereocenters. The molecule has 146 valence electrons. The molecule has 3 rings (SSSR count). The maximum absolute atomic E-state index is 13.0. The van der Waals surface area contributed by atoms with Crippen molar-refractivity contribution in [2.45, 2.75) is 32.2 Å². The van der Waals surface area contributed by atoms with Crippen LogP contribution in [0.1, 0.15) is 26.2 Å². The zero-order valence-corrected chi connectivity index (χ0v) is 16.2. The number of hydrogen-bond acceptors (Lipinski definition) is 6. The van der Waals surface area contributed by atoms with Crippen LogP contribution in [0.2, 0.25) is 5.02 Å². The molecule has 0 N–H and O–H groups in total. The van der Waals surface area contributed by atoms with Gasteiger partial charge in [0, 0.05) is 6.54 Å². The Bertz CT molecular complexity index is 754. The van der Waals surface area contributed by atoms with Crippen LogP contribution in [0, 0.1) is 5.92 Å². The smallest absolute Gasteiger partial charge is 0.310 e. The molecule has 0 bridgehead atoms. The molecule has 0 unspecified atom stereocenters. The molecule has 0 spiro atoms. The number of imide groups is 1. The van der Waals surface area contributed by atoms with E-state index in [1.165, 1.54) is 12.0 Å². The van der Waals surface area contributed by atoms with Crippen molar-refractivity contribution in [3.05, 3.63) is 23.2 Å². The Labute approximate surface area is 163 Å². The first-order valence-corrected chi connectivity index (χ1v) is 9.45. The fraction of sp³-hybridized carbons (Fsp3) is 0.526. The predicted octanol–water partition coefficient (Wildman–Crippen LogP) is 2.26. The number of halogens is 1. The van der Waals surface area contributed by atoms with E-state index < -0.39 is 6.04 Å². The third kappa shape index (κ3) is 3.94. The Kier molecular flexibility index (Phi) is 6.01. The van der Waals surface area contributed by atoms with Crippen LogP contribution < -0.4 is 9.64 Å². The fourth-order valence-electron chi connectivity index (χ4n) is 3.71. The minimum Gasteiger partial charge on any atom is -0.495 e. The lowest BCUT2D eigenvalue weighted by Crippen LogP contribution is -2.48. The number of ether oxygens (including phenoxy) is 2. The molecule has 2 aliphatic rings. The number of benzene rings is 1. The van der Waals surface area contributed by atoms with Crippen LogP contribution >= 0.6 is 11.6 Å². The lowest BCUT2D eigenvalue weighted by Gasteiger charge is -2.34. The maximum Gasteiger partial charge on any atom is 0.310 e. The summed E-state index contributed by atoms with van der Waals surface area (Å²) < 4.78 is 10.2. The van der Waals surface area contributed by atoms with Crippen molar-refractivity contribution < 1.29 is 23.9 Å². The highest BCUT2D eigenvalue weighted by Crippen LogP contribution is 2.33. The van der Waals surface area contributed by atoms with Crippen molar-refractivity contribution >= 4 is 35.1 Å². The summed E-state index contributed by atoms with van der Waals surface area (Å²) >= 11 is 6.14. The van der Waals surface area contributed by atoms with Gasteiger partial charge in [-0.05, 0) is 44.5 Å². The van der Waals surface area contributed by atoms with Crippen molar-refractivity contribution in [1.82, 2.24) is 4.90 Å². The van der Waals surface area contributed by atoms with Gasteiger partial charge >= 0.3 is 5.97 Å². The summed E-state index contributed by atoms with van der Waals surface area (Å²) in [6, 6.07) is 4.26. The molecule has 2 aliphatic heterocycles. The van der Waals surface area contributed by atoms with Crippen molar-refractivity contribution in [3.8, 4) is 5.75 Å². The summed E-state index contributed by atoms with van der Waals surface area (Å²) in [6.45, 7) is 3.22. The first kappa shape index (κ1) is 19.6. The monoisotopic (exact) mass is 394 g/mol. The van der Waals surface area contributed by atoms with Crippen molar-refractivity contribution in [2.24, 2.45) is 5.92 Å². The number of rotatable bonds is 5. The summed E-state index contributed by atoms with van der Waals surface area (Å²) in [5.74, 6) is -0.580. The molecule has 2 heterocycles. The van der Waals surface area contributed by atoms with Crippen molar-refractivity contribution in [1.29, 1.82) is 0 Å². The second kappa shape index (κ2) is 8.27. The Morgan fingerprint density at radius 3 is 2.78 bits per heavy atom. The van der Waals surface area contributed by atoms with Crippen LogP contribution in [0.4, 0.5) is 5.69 Å². The van der Waals surface area contributed by atoms with Crippen LogP contribution in [-0.2, 0) is 19.1 Å². The van der Waals surface area contributed by atoms with E-state index in [4.69, 9.17) is 21.1 Å². The molecular weight excluding hydrogens is 372 g/mol. The molecule has 0 aromatic heterocycles. The molecule has 1 aromatic carbocycles. The second-order valence-corrected chi connectivity index (χ2v) is 7.10. The first-order chi connectivity index (χ1) is 13.0. The number of carbonyl (C=O) groups excluding carboxylic acids is 3. The Balaban J connectivity index is 1.75. The minimum absolute atomic E-state index is 0.0953. The number of nitrogens with zero attached hydrogens (tertiary/aromatic N) is 2. The molecule has 2 amide bonds. The standard InChI is InChI=1S/C19H23ClN2O5/c1-3-27-19(25)12-5-4-8-21(11-12)15-10-17(23)22(18(15)24)13-6-7-16(26-2)14(20)9-13/h6-7,9,12,15H,3-5,8,10-11H2,1-2H3/t12-,15-/m0/s1. The van der Waals surface area contributed by atoms with Gasteiger partial charge in [0.15, 0.2) is 0 Å². The van der Waals surface area contributed by atoms with Gasteiger partial charge in [-0.3, -0.25) is 19.3 Å². The Morgan fingerprint density at radius 1 is 1.33 bits per heavy atom. The molecule has 7 nitrogen and oxygen atoms in total. The van der Waals surface area contributed by atoms with Crippen LogP contribution in [0.5, 0.6) is 5.75 Å². The van der Waals surface area contributed by atoms with Gasteiger partial charge < -0.3 is 9.47 Å². The van der Waals surface area contributed by atoms with E-state index >= 15 is 0 Å². The van der Waals surface area contributed by atoms with E-state index in [2.05, 4.69) is 0 Å². The number of carbonyl (C=O) groups is 3. The number of anilines is 1. The van der Waals surface area contributed by atoms with E-state index in [1.807, 2.05) is 4.90 Å². The summed E-state index contributed by atoms with van der Waals surface area (Å²) in [6.07, 6.45) is 1.62. The highest BCUT2D eigenvalue weighted by atomic mass is 35.5. The fourth-order valence-corrected chi connectivity index (χ4v) is 3.96. The van der Waals surface area contributed by atoms with Crippen LogP contribution in [0.3, 0.4) is 0 Å². The van der Waals surface area contributed by atoms with E-state index in [9.17, 15) is 14.4 Å². The van der Waals surface area contributed by atoms with Gasteiger partial charge in [0.25, 0.3) is 5.91 Å². The number of likely N-dealkylation sites (tertiary alicyclic amines) is 1. The molecule has 1 aromatic rings. The maximum atomic E-state index is 13.0. The zero-order chi connectivity index (χ0) is 19.6. The molecule has 8 heteroatoms. The number of methoxy groups -OCH3 is 1. The largest absolute Gasteiger partial charge is 0.495 e. The topological polar surface area (TPSA) is 76.2 Å². The average molecular weight is 395 g/mol. The number of esters is 1. The van der Waals surface area contributed by atoms with Crippen LogP contribution in [0.25, 0.3) is 0 Å². The van der Waals surface area contributed by atoms with E-state index in [1.54, 1.807) is 25.1 Å². The lowest BCUT2D eigenvalue weighted by molar-refractivity contribution is -0.150. The quantitative estimate of drug-likeness (QED) is 0.563. The lowest BCUT2D eigenvalue weighted by atomic mass is 9.96. The average Bonchev–Trinajstić information content (AvgIpc) is 2.96. The molecule has 27 heavy (non-hydrogen) atoms. The summed E-state index contributed by atoms with van der Waals surface area (Å²) in [5, 5.41) is 0.333. The van der Waals surface area contributed by atoms with E-state index in [0.717, 1.165) is 12.8 Å². The Morgan fingerprint density at radius 2 is 2.11 bits per heavy atom. The van der Waals surface area contributed by atoms with Gasteiger partial charge in [-0.2, -0.15) is 0 Å². The van der Waals surface area contributed by atoms with E-state index in [-0.39, 0.29) is 30.1 Å². The van der Waals surface area contributed by atoms with Gasteiger partial charge in [-0.15, -0.1) is 0 Å². The second-order valence-electron chi connectivity index (χ2n) is 6.69. The first-order valence-electron chi connectivity index (χ1n) is 9.07. The number of piperidine rings is 1. The molecule has 2 fully saturated rings. The highest BCUT2D eigenvalue weighted by molar-refractivity contribution is 6.33. The number of amides is 2. The highest BCUT2D eigenvalue weighted by Gasteiger charge is 2.44. The van der Waals surface area contributed by atoms with Gasteiger partial charge in [-0.1, -0.05) is 11.6 Å². The van der Waals surface area contributed by atoms with Crippen LogP contribution in [-0.4, -0.2) is 55.5 Å². The molecular formula is C19H23ClN2O5. The summed E-state index contributed by atoms with van der Waals surface area (Å²) in [7, 11) is 1.50. The number of hydrogen-bond donors (Lipinski definition) is 0.